The van der Waals surface area contributed by atoms with Crippen LogP contribution in [0, 0.1) is 6.92 Å². The number of benzene rings is 1. The fraction of sp³-hybridized carbons (Fsp3) is 0.0714. The SMILES string of the molecule is Cc1ccc(S(=O)(=O)n2cc(S)c3cc(Cl)cnc32)cc1. The number of hydrogen-bond donors (Lipinski definition) is 1. The zero-order valence-corrected chi connectivity index (χ0v) is 13.5. The monoisotopic (exact) mass is 338 g/mol. The number of fused-ring (bicyclic) bond motifs is 1. The van der Waals surface area contributed by atoms with Crippen molar-refractivity contribution < 1.29 is 8.42 Å². The smallest absolute Gasteiger partial charge is 0.236 e. The fourth-order valence-electron chi connectivity index (χ4n) is 2.04. The first-order chi connectivity index (χ1) is 9.89. The van der Waals surface area contributed by atoms with E-state index in [9.17, 15) is 8.42 Å². The van der Waals surface area contributed by atoms with Crippen LogP contribution in [0.2, 0.25) is 5.02 Å². The Balaban J connectivity index is 2.26. The number of pyridine rings is 1. The molecule has 7 heteroatoms. The maximum absolute atomic E-state index is 12.7. The first-order valence-corrected chi connectivity index (χ1v) is 8.34. The van der Waals surface area contributed by atoms with Gasteiger partial charge in [-0.1, -0.05) is 29.3 Å². The third-order valence-electron chi connectivity index (χ3n) is 3.14. The van der Waals surface area contributed by atoms with Crippen LogP contribution in [0.15, 0.2) is 52.5 Å². The molecule has 3 rings (SSSR count). The summed E-state index contributed by atoms with van der Waals surface area (Å²) in [6, 6.07) is 8.30. The number of halogens is 1. The predicted octanol–water partition coefficient (Wildman–Crippen LogP) is 3.52. The summed E-state index contributed by atoms with van der Waals surface area (Å²) >= 11 is 10.2. The molecule has 0 radical (unpaired) electrons. The van der Waals surface area contributed by atoms with Gasteiger partial charge in [0.05, 0.1) is 9.92 Å². The van der Waals surface area contributed by atoms with E-state index in [1.807, 2.05) is 6.92 Å². The van der Waals surface area contributed by atoms with Gasteiger partial charge in [0.15, 0.2) is 5.65 Å². The molecule has 1 aromatic carbocycles. The molecule has 2 heterocycles. The van der Waals surface area contributed by atoms with Crippen LogP contribution in [0.5, 0.6) is 0 Å². The molecule has 0 saturated carbocycles. The van der Waals surface area contributed by atoms with Gasteiger partial charge in [-0.15, -0.1) is 12.6 Å². The van der Waals surface area contributed by atoms with Crippen molar-refractivity contribution in [1.29, 1.82) is 0 Å². The van der Waals surface area contributed by atoms with E-state index in [4.69, 9.17) is 11.6 Å². The van der Waals surface area contributed by atoms with E-state index in [0.29, 0.717) is 21.0 Å². The van der Waals surface area contributed by atoms with Gasteiger partial charge >= 0.3 is 0 Å². The van der Waals surface area contributed by atoms with Crippen molar-refractivity contribution in [2.75, 3.05) is 0 Å². The molecule has 108 valence electrons. The lowest BCUT2D eigenvalue weighted by atomic mass is 10.2. The maximum atomic E-state index is 12.7. The summed E-state index contributed by atoms with van der Waals surface area (Å²) in [5.74, 6) is 0. The molecule has 0 aliphatic rings. The third kappa shape index (κ3) is 2.43. The number of aromatic nitrogens is 2. The highest BCUT2D eigenvalue weighted by Gasteiger charge is 2.21. The second-order valence-corrected chi connectivity index (χ2v) is 7.39. The molecular weight excluding hydrogens is 328 g/mol. The van der Waals surface area contributed by atoms with Gasteiger partial charge in [0.1, 0.15) is 0 Å². The Bertz CT molecular complexity index is 932. The Labute approximate surface area is 132 Å². The van der Waals surface area contributed by atoms with Gasteiger partial charge in [0, 0.05) is 22.7 Å². The molecule has 0 spiro atoms. The van der Waals surface area contributed by atoms with Crippen molar-refractivity contribution in [1.82, 2.24) is 8.96 Å². The van der Waals surface area contributed by atoms with Crippen molar-refractivity contribution >= 4 is 45.3 Å². The third-order valence-corrected chi connectivity index (χ3v) is 5.36. The summed E-state index contributed by atoms with van der Waals surface area (Å²) in [7, 11) is -3.71. The Morgan fingerprint density at radius 1 is 1.24 bits per heavy atom. The zero-order chi connectivity index (χ0) is 15.2. The van der Waals surface area contributed by atoms with Crippen molar-refractivity contribution in [2.24, 2.45) is 0 Å². The lowest BCUT2D eigenvalue weighted by Gasteiger charge is -2.07. The summed E-state index contributed by atoms with van der Waals surface area (Å²) in [5, 5.41) is 1.03. The lowest BCUT2D eigenvalue weighted by molar-refractivity contribution is 0.588. The first kappa shape index (κ1) is 14.4. The van der Waals surface area contributed by atoms with Crippen LogP contribution in [0.25, 0.3) is 11.0 Å². The largest absolute Gasteiger partial charge is 0.269 e. The lowest BCUT2D eigenvalue weighted by Crippen LogP contribution is -2.12. The van der Waals surface area contributed by atoms with E-state index in [1.54, 1.807) is 30.3 Å². The minimum atomic E-state index is -3.71. The number of aryl methyl sites for hydroxylation is 1. The number of nitrogens with zero attached hydrogens (tertiary/aromatic N) is 2. The van der Waals surface area contributed by atoms with Crippen LogP contribution in [-0.4, -0.2) is 17.4 Å². The van der Waals surface area contributed by atoms with E-state index in [0.717, 1.165) is 9.54 Å². The van der Waals surface area contributed by atoms with Gasteiger partial charge in [0.2, 0.25) is 0 Å². The minimum Gasteiger partial charge on any atom is -0.236 e. The average molecular weight is 339 g/mol. The van der Waals surface area contributed by atoms with Gasteiger partial charge < -0.3 is 0 Å². The molecular formula is C14H11ClN2O2S2. The van der Waals surface area contributed by atoms with Crippen molar-refractivity contribution in [3.63, 3.8) is 0 Å². The van der Waals surface area contributed by atoms with Crippen molar-refractivity contribution in [2.45, 2.75) is 16.7 Å². The van der Waals surface area contributed by atoms with Crippen LogP contribution >= 0.6 is 24.2 Å². The molecule has 0 aliphatic heterocycles. The van der Waals surface area contributed by atoms with Crippen LogP contribution in [0.4, 0.5) is 0 Å². The highest BCUT2D eigenvalue weighted by molar-refractivity contribution is 7.90. The van der Waals surface area contributed by atoms with Crippen LogP contribution in [-0.2, 0) is 10.0 Å². The molecule has 0 fully saturated rings. The van der Waals surface area contributed by atoms with Gasteiger partial charge in [-0.2, -0.15) is 0 Å². The Morgan fingerprint density at radius 2 is 1.90 bits per heavy atom. The molecule has 0 saturated heterocycles. The average Bonchev–Trinajstić information content (AvgIpc) is 2.77. The normalized spacial score (nSPS) is 12.0. The van der Waals surface area contributed by atoms with Gasteiger partial charge in [0.25, 0.3) is 10.0 Å². The maximum Gasteiger partial charge on any atom is 0.269 e. The molecule has 3 aromatic rings. The molecule has 0 bridgehead atoms. The summed E-state index contributed by atoms with van der Waals surface area (Å²) in [6.45, 7) is 1.90. The standard InChI is InChI=1S/C14H11ClN2O2S2/c1-9-2-4-11(5-3-9)21(18,19)17-8-13(20)12-6-10(15)7-16-14(12)17/h2-8,20H,1H3. The molecule has 0 N–H and O–H groups in total. The highest BCUT2D eigenvalue weighted by atomic mass is 35.5. The van der Waals surface area contributed by atoms with E-state index in [1.165, 1.54) is 12.4 Å². The highest BCUT2D eigenvalue weighted by Crippen LogP contribution is 2.28. The van der Waals surface area contributed by atoms with Crippen molar-refractivity contribution in [3.8, 4) is 0 Å². The quantitative estimate of drug-likeness (QED) is 0.727. The predicted molar refractivity (Wildman–Crippen MR) is 85.8 cm³/mol. The topological polar surface area (TPSA) is 52.0 Å². The van der Waals surface area contributed by atoms with Gasteiger partial charge in [-0.3, -0.25) is 0 Å². The summed E-state index contributed by atoms with van der Waals surface area (Å²) in [4.78, 5) is 4.83. The molecule has 2 aromatic heterocycles. The second-order valence-electron chi connectivity index (χ2n) is 4.65. The van der Waals surface area contributed by atoms with Crippen LogP contribution < -0.4 is 0 Å². The Morgan fingerprint density at radius 3 is 2.57 bits per heavy atom. The van der Waals surface area contributed by atoms with Crippen molar-refractivity contribution in [3.05, 3.63) is 53.3 Å². The number of thiol groups is 1. The van der Waals surface area contributed by atoms with Crippen LogP contribution in [0.3, 0.4) is 0 Å². The fourth-order valence-corrected chi connectivity index (χ4v) is 3.89. The second kappa shape index (κ2) is 5.05. The Hall–Kier alpha value is -1.50. The Kier molecular flexibility index (Phi) is 3.47. The first-order valence-electron chi connectivity index (χ1n) is 6.07. The van der Waals surface area contributed by atoms with E-state index in [-0.39, 0.29) is 4.90 Å². The zero-order valence-electron chi connectivity index (χ0n) is 11.0. The molecule has 0 atom stereocenters. The van der Waals surface area contributed by atoms with Crippen LogP contribution in [0.1, 0.15) is 5.56 Å². The molecule has 0 aliphatic carbocycles. The molecule has 0 unspecified atom stereocenters. The van der Waals surface area contributed by atoms with E-state index in [2.05, 4.69) is 17.6 Å². The summed E-state index contributed by atoms with van der Waals surface area (Å²) in [6.07, 6.45) is 2.85. The van der Waals surface area contributed by atoms with E-state index < -0.39 is 10.0 Å². The van der Waals surface area contributed by atoms with E-state index >= 15 is 0 Å². The molecule has 21 heavy (non-hydrogen) atoms. The molecule has 4 nitrogen and oxygen atoms in total. The minimum absolute atomic E-state index is 0.204. The summed E-state index contributed by atoms with van der Waals surface area (Å²) in [5.41, 5.74) is 1.30. The molecule has 0 amide bonds. The van der Waals surface area contributed by atoms with Gasteiger partial charge in [-0.05, 0) is 25.1 Å². The number of hydrogen-bond acceptors (Lipinski definition) is 4. The van der Waals surface area contributed by atoms with Gasteiger partial charge in [-0.25, -0.2) is 17.4 Å². The number of rotatable bonds is 2. The summed E-state index contributed by atoms with van der Waals surface area (Å²) < 4.78 is 26.6.